The molecule has 0 fully saturated rings. The van der Waals surface area contributed by atoms with Gasteiger partial charge in [0, 0.05) is 10.6 Å². The summed E-state index contributed by atoms with van der Waals surface area (Å²) in [4.78, 5) is 13.6. The number of aryl methyl sites for hydroxylation is 1. The third-order valence-electron chi connectivity index (χ3n) is 4.38. The smallest absolute Gasteiger partial charge is 0.264 e. The summed E-state index contributed by atoms with van der Waals surface area (Å²) >= 11 is 1.51. The average Bonchev–Trinajstić information content (AvgIpc) is 2.74. The maximum absolute atomic E-state index is 13.3. The molecule has 3 aromatic rings. The van der Waals surface area contributed by atoms with Crippen molar-refractivity contribution in [1.82, 2.24) is 0 Å². The first-order valence-electron chi connectivity index (χ1n) is 9.08. The van der Waals surface area contributed by atoms with Gasteiger partial charge in [-0.15, -0.1) is 11.8 Å². The van der Waals surface area contributed by atoms with Crippen molar-refractivity contribution in [3.8, 4) is 0 Å². The fourth-order valence-corrected chi connectivity index (χ4v) is 4.59. The highest BCUT2D eigenvalue weighted by Gasteiger charge is 2.27. The van der Waals surface area contributed by atoms with E-state index >= 15 is 0 Å². The molecule has 0 unspecified atom stereocenters. The number of carbonyl (C=O) groups is 1. The Morgan fingerprint density at radius 3 is 2.13 bits per heavy atom. The molecule has 0 heterocycles. The number of sulfonamides is 1. The van der Waals surface area contributed by atoms with E-state index in [1.54, 1.807) is 36.4 Å². The molecule has 0 bridgehead atoms. The Morgan fingerprint density at radius 2 is 1.57 bits per heavy atom. The van der Waals surface area contributed by atoms with Crippen LogP contribution < -0.4 is 9.62 Å². The summed E-state index contributed by atoms with van der Waals surface area (Å²) in [5.74, 6) is -0.961. The van der Waals surface area contributed by atoms with Crippen LogP contribution in [0.1, 0.15) is 5.56 Å². The molecule has 0 aromatic heterocycles. The van der Waals surface area contributed by atoms with Crippen molar-refractivity contribution in [3.05, 3.63) is 84.2 Å². The van der Waals surface area contributed by atoms with Crippen molar-refractivity contribution < 1.29 is 17.6 Å². The van der Waals surface area contributed by atoms with Gasteiger partial charge in [-0.3, -0.25) is 9.10 Å². The van der Waals surface area contributed by atoms with E-state index in [9.17, 15) is 17.6 Å². The second-order valence-corrected chi connectivity index (χ2v) is 9.32. The zero-order valence-electron chi connectivity index (χ0n) is 16.5. The van der Waals surface area contributed by atoms with Gasteiger partial charge in [0.2, 0.25) is 5.91 Å². The zero-order chi connectivity index (χ0) is 21.7. The number of anilines is 2. The van der Waals surface area contributed by atoms with Crippen LogP contribution in [0.3, 0.4) is 0 Å². The Kier molecular flexibility index (Phi) is 6.79. The predicted molar refractivity (Wildman–Crippen MR) is 119 cm³/mol. The van der Waals surface area contributed by atoms with Gasteiger partial charge in [0.15, 0.2) is 0 Å². The van der Waals surface area contributed by atoms with Crippen LogP contribution in [0.15, 0.2) is 82.6 Å². The van der Waals surface area contributed by atoms with Crippen molar-refractivity contribution in [3.63, 3.8) is 0 Å². The quantitative estimate of drug-likeness (QED) is 0.537. The molecule has 30 heavy (non-hydrogen) atoms. The lowest BCUT2D eigenvalue weighted by atomic mass is 10.2. The Labute approximate surface area is 180 Å². The summed E-state index contributed by atoms with van der Waals surface area (Å²) in [5, 5.41) is 2.61. The number of halogens is 1. The van der Waals surface area contributed by atoms with Gasteiger partial charge in [0.05, 0.1) is 10.6 Å². The lowest BCUT2D eigenvalue weighted by molar-refractivity contribution is -0.114. The first-order chi connectivity index (χ1) is 14.3. The minimum absolute atomic E-state index is 0.0930. The standard InChI is InChI=1S/C22H21FN2O3S2/c1-16-3-9-19(10-4-16)25(15-22(26)24-18-7-5-17(23)6-8-18)30(27,28)21-13-11-20(29-2)12-14-21/h3-14H,15H2,1-2H3,(H,24,26). The molecule has 156 valence electrons. The number of hydrogen-bond donors (Lipinski definition) is 1. The number of carbonyl (C=O) groups excluding carboxylic acids is 1. The molecule has 3 aromatic carbocycles. The monoisotopic (exact) mass is 444 g/mol. The molecular formula is C22H21FN2O3S2. The highest BCUT2D eigenvalue weighted by molar-refractivity contribution is 7.98. The molecule has 0 aliphatic heterocycles. The number of hydrogen-bond acceptors (Lipinski definition) is 4. The van der Waals surface area contributed by atoms with Gasteiger partial charge in [-0.05, 0) is 73.8 Å². The van der Waals surface area contributed by atoms with E-state index in [-0.39, 0.29) is 4.90 Å². The van der Waals surface area contributed by atoms with Gasteiger partial charge < -0.3 is 5.32 Å². The molecule has 3 rings (SSSR count). The number of benzene rings is 3. The van der Waals surface area contributed by atoms with E-state index < -0.39 is 28.3 Å². The highest BCUT2D eigenvalue weighted by atomic mass is 32.2. The fraction of sp³-hybridized carbons (Fsp3) is 0.136. The Balaban J connectivity index is 1.92. The fourth-order valence-electron chi connectivity index (χ4n) is 2.77. The van der Waals surface area contributed by atoms with Crippen molar-refractivity contribution in [2.45, 2.75) is 16.7 Å². The van der Waals surface area contributed by atoms with Crippen molar-refractivity contribution in [2.24, 2.45) is 0 Å². The van der Waals surface area contributed by atoms with E-state index in [1.807, 2.05) is 13.2 Å². The van der Waals surface area contributed by atoms with E-state index in [4.69, 9.17) is 0 Å². The molecule has 0 saturated heterocycles. The second-order valence-electron chi connectivity index (χ2n) is 6.58. The molecule has 0 atom stereocenters. The Bertz CT molecular complexity index is 1110. The summed E-state index contributed by atoms with van der Waals surface area (Å²) in [6.45, 7) is 1.47. The van der Waals surface area contributed by atoms with Gasteiger partial charge in [-0.1, -0.05) is 17.7 Å². The van der Waals surface area contributed by atoms with Gasteiger partial charge >= 0.3 is 0 Å². The summed E-state index contributed by atoms with van der Waals surface area (Å²) in [5.41, 5.74) is 1.73. The molecule has 0 radical (unpaired) electrons. The van der Waals surface area contributed by atoms with Crippen LogP contribution >= 0.6 is 11.8 Å². The largest absolute Gasteiger partial charge is 0.325 e. The van der Waals surface area contributed by atoms with E-state index in [1.165, 1.54) is 48.2 Å². The SMILES string of the molecule is CSc1ccc(S(=O)(=O)N(CC(=O)Nc2ccc(F)cc2)c2ccc(C)cc2)cc1. The first-order valence-corrected chi connectivity index (χ1v) is 11.7. The maximum atomic E-state index is 13.3. The van der Waals surface area contributed by atoms with Crippen LogP contribution in [-0.4, -0.2) is 27.1 Å². The summed E-state index contributed by atoms with van der Waals surface area (Å²) in [7, 11) is -3.98. The number of thioether (sulfide) groups is 1. The van der Waals surface area contributed by atoms with Gasteiger partial charge in [0.1, 0.15) is 12.4 Å². The second kappa shape index (κ2) is 9.32. The maximum Gasteiger partial charge on any atom is 0.264 e. The number of amides is 1. The summed E-state index contributed by atoms with van der Waals surface area (Å²) < 4.78 is 40.8. The zero-order valence-corrected chi connectivity index (χ0v) is 18.1. The predicted octanol–water partition coefficient (Wildman–Crippen LogP) is 4.69. The van der Waals surface area contributed by atoms with Crippen LogP contribution in [0.4, 0.5) is 15.8 Å². The third kappa shape index (κ3) is 5.20. The van der Waals surface area contributed by atoms with Gasteiger partial charge in [-0.25, -0.2) is 12.8 Å². The van der Waals surface area contributed by atoms with Crippen LogP contribution in [-0.2, 0) is 14.8 Å². The molecule has 0 aliphatic carbocycles. The third-order valence-corrected chi connectivity index (χ3v) is 6.92. The van der Waals surface area contributed by atoms with Crippen LogP contribution in [0, 0.1) is 12.7 Å². The minimum Gasteiger partial charge on any atom is -0.325 e. The molecule has 8 heteroatoms. The summed E-state index contributed by atoms with van der Waals surface area (Å²) in [6.07, 6.45) is 1.90. The average molecular weight is 445 g/mol. The topological polar surface area (TPSA) is 66.5 Å². The molecular weight excluding hydrogens is 423 g/mol. The van der Waals surface area contributed by atoms with E-state index in [0.717, 1.165) is 14.8 Å². The normalized spacial score (nSPS) is 11.2. The lowest BCUT2D eigenvalue weighted by Crippen LogP contribution is -2.38. The lowest BCUT2D eigenvalue weighted by Gasteiger charge is -2.24. The number of rotatable bonds is 7. The molecule has 0 aliphatic rings. The van der Waals surface area contributed by atoms with Crippen molar-refractivity contribution in [2.75, 3.05) is 22.4 Å². The molecule has 5 nitrogen and oxygen atoms in total. The van der Waals surface area contributed by atoms with Gasteiger partial charge in [0.25, 0.3) is 10.0 Å². The first kappa shape index (κ1) is 21.9. The summed E-state index contributed by atoms with van der Waals surface area (Å²) in [6, 6.07) is 18.7. The molecule has 0 spiro atoms. The highest BCUT2D eigenvalue weighted by Crippen LogP contribution is 2.26. The molecule has 0 saturated carbocycles. The van der Waals surface area contributed by atoms with Crippen molar-refractivity contribution in [1.29, 1.82) is 0 Å². The van der Waals surface area contributed by atoms with E-state index in [2.05, 4.69) is 5.32 Å². The van der Waals surface area contributed by atoms with Crippen LogP contribution in [0.2, 0.25) is 0 Å². The van der Waals surface area contributed by atoms with E-state index in [0.29, 0.717) is 11.4 Å². The number of nitrogens with zero attached hydrogens (tertiary/aromatic N) is 1. The van der Waals surface area contributed by atoms with Gasteiger partial charge in [-0.2, -0.15) is 0 Å². The Morgan fingerprint density at radius 1 is 0.967 bits per heavy atom. The minimum atomic E-state index is -3.98. The van der Waals surface area contributed by atoms with Crippen LogP contribution in [0.25, 0.3) is 0 Å². The Hall–Kier alpha value is -2.84. The van der Waals surface area contributed by atoms with Crippen LogP contribution in [0.5, 0.6) is 0 Å². The van der Waals surface area contributed by atoms with Crippen molar-refractivity contribution >= 4 is 39.1 Å². The molecule has 1 amide bonds. The number of nitrogens with one attached hydrogen (secondary N) is 1. The molecule has 1 N–H and O–H groups in total.